The van der Waals surface area contributed by atoms with Crippen molar-refractivity contribution in [1.29, 1.82) is 0 Å². The Hall–Kier alpha value is -3.98. The number of ether oxygens (including phenoxy) is 1. The second kappa shape index (κ2) is 14.0. The molecule has 0 spiro atoms. The first-order chi connectivity index (χ1) is 21.1. The first-order valence-electron chi connectivity index (χ1n) is 15.1. The van der Waals surface area contributed by atoms with Gasteiger partial charge in [-0.2, -0.15) is 9.82 Å². The molecule has 0 bridgehead atoms. The van der Waals surface area contributed by atoms with E-state index < -0.39 is 40.1 Å². The van der Waals surface area contributed by atoms with Crippen molar-refractivity contribution < 1.29 is 37.4 Å². The Bertz CT molecular complexity index is 1510. The van der Waals surface area contributed by atoms with Gasteiger partial charge in [-0.3, -0.25) is 19.1 Å². The summed E-state index contributed by atoms with van der Waals surface area (Å²) in [6.45, 7) is 9.49. The number of hydrogen-bond donors (Lipinski definition) is 3. The number of amides is 3. The van der Waals surface area contributed by atoms with Crippen LogP contribution in [0.1, 0.15) is 73.0 Å². The molecule has 1 saturated heterocycles. The van der Waals surface area contributed by atoms with E-state index in [1.807, 2.05) is 20.8 Å². The minimum Gasteiger partial charge on any atom is -0.480 e. The number of nitrogens with zero attached hydrogens (tertiary/aromatic N) is 4. The number of likely N-dealkylation sites (tertiary alicyclic amines) is 1. The van der Waals surface area contributed by atoms with Crippen LogP contribution in [0.2, 0.25) is 0 Å². The number of carbonyl (C=O) groups is 4. The van der Waals surface area contributed by atoms with Gasteiger partial charge in [-0.1, -0.05) is 17.7 Å². The summed E-state index contributed by atoms with van der Waals surface area (Å²) in [5.74, 6) is -2.09. The normalized spacial score (nSPS) is 16.9. The van der Waals surface area contributed by atoms with Gasteiger partial charge in [0.2, 0.25) is 10.0 Å². The molecule has 2 aromatic rings. The second-order valence-corrected chi connectivity index (χ2v) is 14.2. The number of sulfonamides is 1. The Morgan fingerprint density at radius 3 is 2.38 bits per heavy atom. The van der Waals surface area contributed by atoms with Gasteiger partial charge in [0.05, 0.1) is 4.90 Å². The summed E-state index contributed by atoms with van der Waals surface area (Å²) in [5.41, 5.74) is 0.484. The van der Waals surface area contributed by atoms with Gasteiger partial charge in [-0.05, 0) is 71.4 Å². The fourth-order valence-corrected chi connectivity index (χ4v) is 6.45. The predicted octanol–water partition coefficient (Wildman–Crippen LogP) is 2.24. The van der Waals surface area contributed by atoms with Gasteiger partial charge < -0.3 is 25.0 Å². The van der Waals surface area contributed by atoms with Crippen molar-refractivity contribution >= 4 is 33.9 Å². The van der Waals surface area contributed by atoms with E-state index in [4.69, 9.17) is 4.74 Å². The van der Waals surface area contributed by atoms with Crippen LogP contribution in [0.15, 0.2) is 35.2 Å². The van der Waals surface area contributed by atoms with Crippen molar-refractivity contribution in [1.82, 2.24) is 29.6 Å². The highest BCUT2D eigenvalue weighted by Gasteiger charge is 2.31. The largest absolute Gasteiger partial charge is 0.480 e. The smallest absolute Gasteiger partial charge is 0.410 e. The van der Waals surface area contributed by atoms with Crippen molar-refractivity contribution in [3.63, 3.8) is 0 Å². The van der Waals surface area contributed by atoms with E-state index in [9.17, 15) is 32.7 Å². The van der Waals surface area contributed by atoms with Gasteiger partial charge in [0, 0.05) is 45.3 Å². The maximum atomic E-state index is 13.4. The standard InChI is InChI=1S/C30H42N6O8S/c1-20-6-8-22(9-7-20)45(42,43)33-24(28(39)40)19-31-26(37)23-18-25-27(38)34(13-5-14-36(25)32-23)15-10-21-11-16-35(17-12-21)29(41)44-30(2,3)4/h6-9,18,21,24,33H,5,10-17,19H2,1-4H3,(H,31,37)(H,39,40)/t24-/m0/s1. The van der Waals surface area contributed by atoms with Gasteiger partial charge >= 0.3 is 12.1 Å². The topological polar surface area (TPSA) is 180 Å². The summed E-state index contributed by atoms with van der Waals surface area (Å²) >= 11 is 0. The molecular weight excluding hydrogens is 604 g/mol. The third-order valence-corrected chi connectivity index (χ3v) is 9.27. The lowest BCUT2D eigenvalue weighted by atomic mass is 9.93. The van der Waals surface area contributed by atoms with Crippen LogP contribution in [-0.4, -0.2) is 101 Å². The molecule has 3 N–H and O–H groups in total. The number of rotatable bonds is 10. The molecule has 0 unspecified atom stereocenters. The van der Waals surface area contributed by atoms with Crippen LogP contribution in [0.25, 0.3) is 0 Å². The van der Waals surface area contributed by atoms with Gasteiger partial charge in [-0.15, -0.1) is 0 Å². The minimum absolute atomic E-state index is 0.0692. The van der Waals surface area contributed by atoms with Crippen LogP contribution in [0.4, 0.5) is 4.79 Å². The number of hydrogen-bond acceptors (Lipinski definition) is 8. The van der Waals surface area contributed by atoms with Gasteiger partial charge in [-0.25, -0.2) is 13.2 Å². The molecule has 1 aromatic heterocycles. The van der Waals surface area contributed by atoms with Crippen molar-refractivity contribution in [2.75, 3.05) is 32.7 Å². The number of fused-ring (bicyclic) bond motifs is 1. The molecule has 1 atom stereocenters. The Balaban J connectivity index is 1.31. The minimum atomic E-state index is -4.16. The Morgan fingerprint density at radius 1 is 1.09 bits per heavy atom. The van der Waals surface area contributed by atoms with Crippen LogP contribution in [-0.2, 0) is 26.1 Å². The van der Waals surface area contributed by atoms with Crippen molar-refractivity contribution in [3.05, 3.63) is 47.3 Å². The number of carboxylic acid groups (broad SMARTS) is 1. The molecule has 45 heavy (non-hydrogen) atoms. The summed E-state index contributed by atoms with van der Waals surface area (Å²) < 4.78 is 34.4. The fraction of sp³-hybridized carbons (Fsp3) is 0.567. The molecular formula is C30H42N6O8S. The highest BCUT2D eigenvalue weighted by Crippen LogP contribution is 2.24. The quantitative estimate of drug-likeness (QED) is 0.349. The number of aryl methyl sites for hydroxylation is 2. The zero-order valence-electron chi connectivity index (χ0n) is 26.1. The summed E-state index contributed by atoms with van der Waals surface area (Å²) in [7, 11) is -4.16. The summed E-state index contributed by atoms with van der Waals surface area (Å²) in [4.78, 5) is 53.8. The van der Waals surface area contributed by atoms with Gasteiger partial charge in [0.15, 0.2) is 5.69 Å². The molecule has 2 aliphatic rings. The molecule has 15 heteroatoms. The number of benzene rings is 1. The maximum absolute atomic E-state index is 13.4. The predicted molar refractivity (Wildman–Crippen MR) is 163 cm³/mol. The van der Waals surface area contributed by atoms with Gasteiger partial charge in [0.25, 0.3) is 11.8 Å². The SMILES string of the molecule is Cc1ccc(S(=O)(=O)N[C@@H](CNC(=O)c2cc3n(n2)CCCN(CCC2CCN(C(=O)OC(C)(C)C)CC2)C3=O)C(=O)O)cc1. The van der Waals surface area contributed by atoms with Crippen LogP contribution in [0.3, 0.4) is 0 Å². The summed E-state index contributed by atoms with van der Waals surface area (Å²) in [6.07, 6.45) is 2.76. The number of aliphatic carboxylic acids is 1. The molecule has 4 rings (SSSR count). The summed E-state index contributed by atoms with van der Waals surface area (Å²) in [6, 6.07) is 5.66. The van der Waals surface area contributed by atoms with E-state index in [-0.39, 0.29) is 28.3 Å². The number of nitrogens with one attached hydrogen (secondary N) is 2. The van der Waals surface area contributed by atoms with E-state index in [2.05, 4.69) is 15.1 Å². The Morgan fingerprint density at radius 2 is 1.76 bits per heavy atom. The molecule has 3 heterocycles. The zero-order chi connectivity index (χ0) is 32.9. The molecule has 1 aromatic carbocycles. The number of carbonyl (C=O) groups excluding carboxylic acids is 3. The molecule has 1 fully saturated rings. The van der Waals surface area contributed by atoms with Crippen LogP contribution in [0.5, 0.6) is 0 Å². The first-order valence-corrected chi connectivity index (χ1v) is 16.6. The van der Waals surface area contributed by atoms with E-state index >= 15 is 0 Å². The van der Waals surface area contributed by atoms with Gasteiger partial charge in [0.1, 0.15) is 17.3 Å². The average Bonchev–Trinajstić information content (AvgIpc) is 3.34. The lowest BCUT2D eigenvalue weighted by Gasteiger charge is -2.34. The monoisotopic (exact) mass is 646 g/mol. The van der Waals surface area contributed by atoms with Crippen LogP contribution in [0, 0.1) is 12.8 Å². The van der Waals surface area contributed by atoms with E-state index in [0.29, 0.717) is 45.1 Å². The molecule has 14 nitrogen and oxygen atoms in total. The van der Waals surface area contributed by atoms with Crippen molar-refractivity contribution in [3.8, 4) is 0 Å². The highest BCUT2D eigenvalue weighted by atomic mass is 32.2. The number of piperidine rings is 1. The Kier molecular flexibility index (Phi) is 10.5. The molecule has 2 aliphatic heterocycles. The van der Waals surface area contributed by atoms with Crippen molar-refractivity contribution in [2.45, 2.75) is 76.5 Å². The number of aromatic nitrogens is 2. The van der Waals surface area contributed by atoms with Crippen LogP contribution >= 0.6 is 0 Å². The lowest BCUT2D eigenvalue weighted by molar-refractivity contribution is -0.138. The molecule has 0 radical (unpaired) electrons. The molecule has 246 valence electrons. The molecule has 0 saturated carbocycles. The van der Waals surface area contributed by atoms with E-state index in [1.165, 1.54) is 22.9 Å². The van der Waals surface area contributed by atoms with Crippen LogP contribution < -0.4 is 10.0 Å². The zero-order valence-corrected chi connectivity index (χ0v) is 26.9. The van der Waals surface area contributed by atoms with Crippen molar-refractivity contribution in [2.24, 2.45) is 5.92 Å². The third-order valence-electron chi connectivity index (χ3n) is 7.78. The van der Waals surface area contributed by atoms with E-state index in [1.54, 1.807) is 28.9 Å². The fourth-order valence-electron chi connectivity index (χ4n) is 5.27. The highest BCUT2D eigenvalue weighted by molar-refractivity contribution is 7.89. The molecule has 3 amide bonds. The maximum Gasteiger partial charge on any atom is 0.410 e. The average molecular weight is 647 g/mol. The second-order valence-electron chi connectivity index (χ2n) is 12.5. The lowest BCUT2D eigenvalue weighted by Crippen LogP contribution is -2.48. The number of carboxylic acids is 1. The third kappa shape index (κ3) is 9.03. The Labute approximate surface area is 263 Å². The first kappa shape index (κ1) is 33.9. The summed E-state index contributed by atoms with van der Waals surface area (Å²) in [5, 5.41) is 16.3. The van der Waals surface area contributed by atoms with E-state index in [0.717, 1.165) is 24.8 Å². The molecule has 0 aliphatic carbocycles.